The third kappa shape index (κ3) is 3.63. The molecule has 0 saturated heterocycles. The number of rotatable bonds is 5. The monoisotopic (exact) mass is 298 g/mol. The zero-order valence-corrected chi connectivity index (χ0v) is 12.8. The van der Waals surface area contributed by atoms with Gasteiger partial charge in [0.25, 0.3) is 5.91 Å². The van der Waals surface area contributed by atoms with Crippen molar-refractivity contribution >= 4 is 11.6 Å². The predicted molar refractivity (Wildman–Crippen MR) is 85.3 cm³/mol. The summed E-state index contributed by atoms with van der Waals surface area (Å²) in [6.45, 7) is 1.93. The highest BCUT2D eigenvalue weighted by Crippen LogP contribution is 2.27. The van der Waals surface area contributed by atoms with Crippen molar-refractivity contribution in [3.8, 4) is 11.5 Å². The number of hydrogen-bond donors (Lipinski definition) is 1. The molecule has 1 N–H and O–H groups in total. The van der Waals surface area contributed by atoms with Gasteiger partial charge in [0.2, 0.25) is 0 Å². The minimum Gasteiger partial charge on any atom is -0.457 e. The standard InChI is InChI=1S/C17H18N2O3/c1-12-9-10-15(22-13-7-5-4-6-8-13)14(11-12)16(19-21-3)17(20)18-2/h4-11H,1-3H3,(H,18,20)/b19-16+. The summed E-state index contributed by atoms with van der Waals surface area (Å²) >= 11 is 0. The lowest BCUT2D eigenvalue weighted by molar-refractivity contribution is -0.114. The summed E-state index contributed by atoms with van der Waals surface area (Å²) in [4.78, 5) is 16.8. The quantitative estimate of drug-likeness (QED) is 0.682. The average molecular weight is 298 g/mol. The number of oxime groups is 1. The Bertz CT molecular complexity index is 682. The zero-order valence-electron chi connectivity index (χ0n) is 12.8. The van der Waals surface area contributed by atoms with Crippen LogP contribution < -0.4 is 10.1 Å². The van der Waals surface area contributed by atoms with E-state index in [1.807, 2.05) is 55.5 Å². The number of nitrogens with one attached hydrogen (secondary N) is 1. The fourth-order valence-electron chi connectivity index (χ4n) is 1.96. The number of carbonyl (C=O) groups is 1. The number of aryl methyl sites for hydroxylation is 1. The molecule has 114 valence electrons. The summed E-state index contributed by atoms with van der Waals surface area (Å²) in [7, 11) is 2.94. The van der Waals surface area contributed by atoms with Crippen molar-refractivity contribution in [2.75, 3.05) is 14.2 Å². The Morgan fingerprint density at radius 1 is 1.14 bits per heavy atom. The van der Waals surface area contributed by atoms with Crippen LogP contribution in [0.15, 0.2) is 53.7 Å². The van der Waals surface area contributed by atoms with E-state index in [1.165, 1.54) is 7.11 Å². The van der Waals surface area contributed by atoms with E-state index in [0.29, 0.717) is 17.1 Å². The van der Waals surface area contributed by atoms with Gasteiger partial charge < -0.3 is 14.9 Å². The second-order valence-electron chi connectivity index (χ2n) is 4.62. The number of likely N-dealkylation sites (N-methyl/N-ethyl adjacent to an activating group) is 1. The van der Waals surface area contributed by atoms with Crippen LogP contribution in [0, 0.1) is 6.92 Å². The summed E-state index contributed by atoms with van der Waals surface area (Å²) in [6.07, 6.45) is 0. The molecule has 22 heavy (non-hydrogen) atoms. The molecule has 2 aromatic carbocycles. The Kier molecular flexibility index (Phi) is 5.14. The van der Waals surface area contributed by atoms with E-state index in [1.54, 1.807) is 7.05 Å². The number of para-hydroxylation sites is 1. The highest BCUT2D eigenvalue weighted by Gasteiger charge is 2.19. The normalized spacial score (nSPS) is 11.0. The second-order valence-corrected chi connectivity index (χ2v) is 4.62. The fourth-order valence-corrected chi connectivity index (χ4v) is 1.96. The number of carbonyl (C=O) groups excluding carboxylic acids is 1. The molecule has 0 unspecified atom stereocenters. The molecule has 2 aromatic rings. The van der Waals surface area contributed by atoms with Crippen molar-refractivity contribution in [2.24, 2.45) is 5.16 Å². The van der Waals surface area contributed by atoms with Crippen molar-refractivity contribution in [1.29, 1.82) is 0 Å². The molecule has 0 bridgehead atoms. The van der Waals surface area contributed by atoms with E-state index in [2.05, 4.69) is 10.5 Å². The minimum absolute atomic E-state index is 0.166. The molecule has 0 aliphatic heterocycles. The molecule has 1 amide bonds. The van der Waals surface area contributed by atoms with E-state index >= 15 is 0 Å². The topological polar surface area (TPSA) is 59.9 Å². The molecule has 0 fully saturated rings. The van der Waals surface area contributed by atoms with Gasteiger partial charge in [0.05, 0.1) is 5.56 Å². The third-order valence-electron chi connectivity index (χ3n) is 2.99. The van der Waals surface area contributed by atoms with E-state index in [4.69, 9.17) is 9.57 Å². The van der Waals surface area contributed by atoms with Crippen LogP contribution in [0.3, 0.4) is 0 Å². The molecular formula is C17H18N2O3. The Morgan fingerprint density at radius 2 is 1.86 bits per heavy atom. The molecule has 2 rings (SSSR count). The first-order valence-corrected chi connectivity index (χ1v) is 6.83. The zero-order chi connectivity index (χ0) is 15.9. The molecule has 0 aromatic heterocycles. The van der Waals surface area contributed by atoms with E-state index in [0.717, 1.165) is 5.56 Å². The van der Waals surface area contributed by atoms with Gasteiger partial charge in [-0.1, -0.05) is 35.0 Å². The highest BCUT2D eigenvalue weighted by molar-refractivity contribution is 6.45. The van der Waals surface area contributed by atoms with Gasteiger partial charge in [-0.3, -0.25) is 4.79 Å². The molecule has 0 spiro atoms. The highest BCUT2D eigenvalue weighted by atomic mass is 16.6. The van der Waals surface area contributed by atoms with Gasteiger partial charge in [-0.2, -0.15) is 0 Å². The van der Waals surface area contributed by atoms with Gasteiger partial charge in [-0.05, 0) is 31.2 Å². The van der Waals surface area contributed by atoms with Gasteiger partial charge in [0.1, 0.15) is 18.6 Å². The SMILES string of the molecule is CNC(=O)/C(=N/OC)c1cc(C)ccc1Oc1ccccc1. The Labute approximate surface area is 129 Å². The van der Waals surface area contributed by atoms with E-state index in [-0.39, 0.29) is 11.6 Å². The third-order valence-corrected chi connectivity index (χ3v) is 2.99. The largest absolute Gasteiger partial charge is 0.457 e. The number of amides is 1. The lowest BCUT2D eigenvalue weighted by Gasteiger charge is -2.13. The summed E-state index contributed by atoms with van der Waals surface area (Å²) in [5.74, 6) is 0.878. The fraction of sp³-hybridized carbons (Fsp3) is 0.176. The first-order valence-electron chi connectivity index (χ1n) is 6.83. The van der Waals surface area contributed by atoms with Gasteiger partial charge in [-0.15, -0.1) is 0 Å². The van der Waals surface area contributed by atoms with E-state index in [9.17, 15) is 4.79 Å². The Hall–Kier alpha value is -2.82. The maximum atomic E-state index is 12.0. The van der Waals surface area contributed by atoms with Crippen LogP contribution >= 0.6 is 0 Å². The predicted octanol–water partition coefficient (Wildman–Crippen LogP) is 2.88. The average Bonchev–Trinajstić information content (AvgIpc) is 2.55. The van der Waals surface area contributed by atoms with Crippen molar-refractivity contribution < 1.29 is 14.4 Å². The number of benzene rings is 2. The van der Waals surface area contributed by atoms with Crippen molar-refractivity contribution in [3.05, 3.63) is 59.7 Å². The maximum absolute atomic E-state index is 12.0. The Balaban J connectivity index is 2.47. The molecule has 5 heteroatoms. The van der Waals surface area contributed by atoms with Crippen LogP contribution in [0.2, 0.25) is 0 Å². The van der Waals surface area contributed by atoms with Crippen LogP contribution in [0.5, 0.6) is 11.5 Å². The number of hydrogen-bond acceptors (Lipinski definition) is 4. The molecular weight excluding hydrogens is 280 g/mol. The lowest BCUT2D eigenvalue weighted by Crippen LogP contribution is -2.29. The number of ether oxygens (including phenoxy) is 1. The second kappa shape index (κ2) is 7.26. The smallest absolute Gasteiger partial charge is 0.273 e. The van der Waals surface area contributed by atoms with Crippen molar-refractivity contribution in [2.45, 2.75) is 6.92 Å². The molecule has 0 atom stereocenters. The van der Waals surface area contributed by atoms with Gasteiger partial charge >= 0.3 is 0 Å². The van der Waals surface area contributed by atoms with Crippen LogP contribution in [-0.4, -0.2) is 25.8 Å². The molecule has 0 radical (unpaired) electrons. The maximum Gasteiger partial charge on any atom is 0.273 e. The Morgan fingerprint density at radius 3 is 2.50 bits per heavy atom. The van der Waals surface area contributed by atoms with Crippen LogP contribution in [-0.2, 0) is 9.63 Å². The van der Waals surface area contributed by atoms with Gasteiger partial charge in [0, 0.05) is 7.05 Å². The molecule has 0 aliphatic carbocycles. The lowest BCUT2D eigenvalue weighted by atomic mass is 10.1. The molecule has 0 saturated carbocycles. The minimum atomic E-state index is -0.342. The molecule has 0 aliphatic rings. The molecule has 5 nitrogen and oxygen atoms in total. The summed E-state index contributed by atoms with van der Waals surface area (Å²) in [5, 5.41) is 6.39. The van der Waals surface area contributed by atoms with Crippen molar-refractivity contribution in [3.63, 3.8) is 0 Å². The first kappa shape index (κ1) is 15.6. The summed E-state index contributed by atoms with van der Waals surface area (Å²) in [6, 6.07) is 14.9. The number of nitrogens with zero attached hydrogens (tertiary/aromatic N) is 1. The van der Waals surface area contributed by atoms with E-state index < -0.39 is 0 Å². The van der Waals surface area contributed by atoms with Gasteiger partial charge in [0.15, 0.2) is 5.71 Å². The van der Waals surface area contributed by atoms with Crippen LogP contribution in [0.1, 0.15) is 11.1 Å². The van der Waals surface area contributed by atoms with Crippen LogP contribution in [0.4, 0.5) is 0 Å². The van der Waals surface area contributed by atoms with Crippen molar-refractivity contribution in [1.82, 2.24) is 5.32 Å². The van der Waals surface area contributed by atoms with Crippen LogP contribution in [0.25, 0.3) is 0 Å². The summed E-state index contributed by atoms with van der Waals surface area (Å²) in [5.41, 5.74) is 1.73. The molecule has 0 heterocycles. The first-order chi connectivity index (χ1) is 10.7. The van der Waals surface area contributed by atoms with Gasteiger partial charge in [-0.25, -0.2) is 0 Å². The summed E-state index contributed by atoms with van der Waals surface area (Å²) < 4.78 is 5.87.